The molecule has 0 aromatic carbocycles. The number of tetrazole rings is 1. The lowest BCUT2D eigenvalue weighted by atomic mass is 9.50. The molecule has 8 nitrogen and oxygen atoms in total. The highest BCUT2D eigenvalue weighted by Gasteiger charge is 2.60. The molecule has 8 heteroatoms. The van der Waals surface area contributed by atoms with Gasteiger partial charge in [0.15, 0.2) is 6.33 Å². The molecule has 4 fully saturated rings. The highest BCUT2D eigenvalue weighted by atomic mass is 16.1. The Hall–Kier alpha value is -2.25. The maximum Gasteiger partial charge on any atom is 0.254 e. The van der Waals surface area contributed by atoms with Crippen LogP contribution in [-0.4, -0.2) is 41.9 Å². The normalized spacial score (nSPS) is 37.9. The van der Waals surface area contributed by atoms with E-state index in [1.54, 1.807) is 12.4 Å². The molecule has 0 saturated heterocycles. The average molecular weight is 313 g/mol. The van der Waals surface area contributed by atoms with Gasteiger partial charge in [0, 0.05) is 11.7 Å². The molecule has 2 heterocycles. The first-order valence-corrected chi connectivity index (χ1v) is 8.21. The third kappa shape index (κ3) is 1.93. The quantitative estimate of drug-likeness (QED) is 0.875. The fourth-order valence-corrected chi connectivity index (χ4v) is 5.67. The Balaban J connectivity index is 1.48. The number of aromatic nitrogens is 6. The minimum Gasteiger partial charge on any atom is -0.346 e. The van der Waals surface area contributed by atoms with E-state index in [-0.39, 0.29) is 17.0 Å². The molecule has 0 radical (unpaired) electrons. The monoisotopic (exact) mass is 313 g/mol. The zero-order chi connectivity index (χ0) is 15.5. The van der Waals surface area contributed by atoms with Crippen molar-refractivity contribution in [1.82, 2.24) is 35.7 Å². The van der Waals surface area contributed by atoms with E-state index in [4.69, 9.17) is 0 Å². The molecule has 2 N–H and O–H groups in total. The van der Waals surface area contributed by atoms with E-state index in [9.17, 15) is 4.79 Å². The highest BCUT2D eigenvalue weighted by Crippen LogP contribution is 2.60. The Morgan fingerprint density at radius 1 is 1.30 bits per heavy atom. The maximum absolute atomic E-state index is 12.6. The number of rotatable bonds is 3. The number of aromatic amines is 1. The first kappa shape index (κ1) is 13.2. The molecule has 4 aliphatic carbocycles. The van der Waals surface area contributed by atoms with Gasteiger partial charge >= 0.3 is 0 Å². The second kappa shape index (κ2) is 4.39. The van der Waals surface area contributed by atoms with Gasteiger partial charge in [-0.3, -0.25) is 9.89 Å². The fourth-order valence-electron chi connectivity index (χ4n) is 5.67. The lowest BCUT2D eigenvalue weighted by Gasteiger charge is -2.61. The topological polar surface area (TPSA) is 101 Å². The van der Waals surface area contributed by atoms with Crippen molar-refractivity contribution < 1.29 is 4.79 Å². The van der Waals surface area contributed by atoms with E-state index in [0.717, 1.165) is 32.1 Å². The lowest BCUT2D eigenvalue weighted by Crippen LogP contribution is -2.66. The third-order valence-corrected chi connectivity index (χ3v) is 5.94. The van der Waals surface area contributed by atoms with Crippen molar-refractivity contribution in [2.45, 2.75) is 49.6 Å². The number of nitrogens with one attached hydrogen (secondary N) is 2. The van der Waals surface area contributed by atoms with E-state index in [0.29, 0.717) is 17.4 Å². The summed E-state index contributed by atoms with van der Waals surface area (Å²) >= 11 is 0. The minimum absolute atomic E-state index is 0.0394. The summed E-state index contributed by atoms with van der Waals surface area (Å²) in [6.45, 7) is 0. The number of carbonyl (C=O) groups excluding carboxylic acids is 1. The summed E-state index contributed by atoms with van der Waals surface area (Å²) in [5, 5.41) is 22.3. The Labute approximate surface area is 133 Å². The van der Waals surface area contributed by atoms with Crippen molar-refractivity contribution in [3.63, 3.8) is 0 Å². The average Bonchev–Trinajstić information content (AvgIpc) is 3.20. The molecule has 2 atom stereocenters. The second-order valence-corrected chi connectivity index (χ2v) is 7.63. The van der Waals surface area contributed by atoms with Gasteiger partial charge in [-0.25, -0.2) is 0 Å². The van der Waals surface area contributed by atoms with Crippen molar-refractivity contribution in [2.75, 3.05) is 0 Å². The minimum atomic E-state index is -0.147. The number of nitrogens with zero attached hydrogens (tertiary/aromatic N) is 5. The molecule has 1 amide bonds. The number of hydrogen-bond acceptors (Lipinski definition) is 5. The van der Waals surface area contributed by atoms with Gasteiger partial charge in [-0.1, -0.05) is 0 Å². The Morgan fingerprint density at radius 2 is 2.13 bits per heavy atom. The molecule has 4 saturated carbocycles. The first-order valence-electron chi connectivity index (χ1n) is 8.21. The van der Waals surface area contributed by atoms with Crippen LogP contribution in [0.2, 0.25) is 0 Å². The van der Waals surface area contributed by atoms with Crippen LogP contribution in [0.1, 0.15) is 48.9 Å². The van der Waals surface area contributed by atoms with E-state index in [2.05, 4.69) is 30.9 Å². The Bertz CT molecular complexity index is 709. The van der Waals surface area contributed by atoms with Crippen molar-refractivity contribution in [2.24, 2.45) is 11.8 Å². The fraction of sp³-hybridized carbons (Fsp3) is 0.667. The summed E-state index contributed by atoms with van der Waals surface area (Å²) in [7, 11) is 0. The smallest absolute Gasteiger partial charge is 0.254 e. The molecule has 0 spiro atoms. The summed E-state index contributed by atoms with van der Waals surface area (Å²) in [5.74, 6) is 1.22. The first-order chi connectivity index (χ1) is 11.2. The molecule has 2 aromatic rings. The third-order valence-electron chi connectivity index (χ3n) is 5.94. The molecule has 2 unspecified atom stereocenters. The van der Waals surface area contributed by atoms with E-state index < -0.39 is 0 Å². The van der Waals surface area contributed by atoms with Gasteiger partial charge in [0.2, 0.25) is 0 Å². The summed E-state index contributed by atoms with van der Waals surface area (Å²) in [6.07, 6.45) is 11.2. The number of H-pyrrole nitrogens is 1. The molecular formula is C15H19N7O. The van der Waals surface area contributed by atoms with Crippen LogP contribution in [0.15, 0.2) is 18.7 Å². The molecule has 4 bridgehead atoms. The molecule has 120 valence electrons. The molecular weight excluding hydrogens is 294 g/mol. The number of amides is 1. The van der Waals surface area contributed by atoms with Crippen LogP contribution >= 0.6 is 0 Å². The van der Waals surface area contributed by atoms with Crippen LogP contribution in [0.3, 0.4) is 0 Å². The molecule has 2 aromatic heterocycles. The number of carbonyl (C=O) groups is 1. The standard InChI is InChI=1S/C15H19N7O/c23-13(12-6-16-17-7-12)20-14-2-10-1-11(3-14)5-15(4-10,8-14)22-19-9-18-21-22/h6-7,9-11H,1-5,8H2,(H,16,17)(H,20,23). The maximum atomic E-state index is 12.6. The van der Waals surface area contributed by atoms with Crippen LogP contribution < -0.4 is 5.32 Å². The lowest BCUT2D eigenvalue weighted by molar-refractivity contribution is -0.0810. The van der Waals surface area contributed by atoms with Crippen LogP contribution in [-0.2, 0) is 5.54 Å². The predicted octanol–water partition coefficient (Wildman–Crippen LogP) is 0.874. The zero-order valence-corrected chi connectivity index (χ0v) is 12.8. The van der Waals surface area contributed by atoms with Crippen molar-refractivity contribution in [3.05, 3.63) is 24.3 Å². The predicted molar refractivity (Wildman–Crippen MR) is 79.3 cm³/mol. The van der Waals surface area contributed by atoms with Crippen molar-refractivity contribution >= 4 is 5.91 Å². The molecule has 4 aliphatic rings. The largest absolute Gasteiger partial charge is 0.346 e. The van der Waals surface area contributed by atoms with Crippen molar-refractivity contribution in [1.29, 1.82) is 0 Å². The zero-order valence-electron chi connectivity index (χ0n) is 12.8. The summed E-state index contributed by atoms with van der Waals surface area (Å²) in [4.78, 5) is 14.4. The Morgan fingerprint density at radius 3 is 2.78 bits per heavy atom. The van der Waals surface area contributed by atoms with Gasteiger partial charge in [-0.2, -0.15) is 9.90 Å². The van der Waals surface area contributed by atoms with Gasteiger partial charge in [0.1, 0.15) is 0 Å². The second-order valence-electron chi connectivity index (χ2n) is 7.63. The number of hydrogen-bond donors (Lipinski definition) is 2. The van der Waals surface area contributed by atoms with Gasteiger partial charge < -0.3 is 5.32 Å². The van der Waals surface area contributed by atoms with Crippen LogP contribution in [0.4, 0.5) is 0 Å². The molecule has 6 rings (SSSR count). The van der Waals surface area contributed by atoms with Gasteiger partial charge in [0.25, 0.3) is 5.91 Å². The highest BCUT2D eigenvalue weighted by molar-refractivity contribution is 5.94. The van der Waals surface area contributed by atoms with Crippen LogP contribution in [0.5, 0.6) is 0 Å². The van der Waals surface area contributed by atoms with Gasteiger partial charge in [-0.05, 0) is 55.6 Å². The van der Waals surface area contributed by atoms with E-state index >= 15 is 0 Å². The van der Waals surface area contributed by atoms with Crippen LogP contribution in [0, 0.1) is 11.8 Å². The molecule has 0 aliphatic heterocycles. The van der Waals surface area contributed by atoms with Gasteiger partial charge in [0.05, 0.1) is 17.3 Å². The van der Waals surface area contributed by atoms with Gasteiger partial charge in [-0.15, -0.1) is 10.2 Å². The SMILES string of the molecule is O=C(NC12CC3CC(C1)CC(n1ncnn1)(C3)C2)c1cn[nH]c1. The van der Waals surface area contributed by atoms with Crippen molar-refractivity contribution in [3.8, 4) is 0 Å². The van der Waals surface area contributed by atoms with Crippen LogP contribution in [0.25, 0.3) is 0 Å². The summed E-state index contributed by atoms with van der Waals surface area (Å²) in [5.41, 5.74) is 0.366. The summed E-state index contributed by atoms with van der Waals surface area (Å²) < 4.78 is 0. The van der Waals surface area contributed by atoms with E-state index in [1.165, 1.54) is 12.7 Å². The Kier molecular flexibility index (Phi) is 2.52. The summed E-state index contributed by atoms with van der Waals surface area (Å²) in [6, 6.07) is 0. The van der Waals surface area contributed by atoms with E-state index in [1.807, 2.05) is 4.80 Å². The molecule has 23 heavy (non-hydrogen) atoms.